The first-order chi connectivity index (χ1) is 13.5. The van der Waals surface area contributed by atoms with E-state index in [1.54, 1.807) is 23.5 Å². The largest absolute Gasteiger partial charge is 0.483 e. The molecular weight excluding hydrogens is 572 g/mol. The van der Waals surface area contributed by atoms with Crippen molar-refractivity contribution in [2.24, 2.45) is 0 Å². The van der Waals surface area contributed by atoms with E-state index >= 15 is 0 Å². The topological polar surface area (TPSA) is 39.4 Å². The van der Waals surface area contributed by atoms with E-state index in [2.05, 4.69) is 54.7 Å². The van der Waals surface area contributed by atoms with Gasteiger partial charge in [-0.2, -0.15) is 0 Å². The summed E-state index contributed by atoms with van der Waals surface area (Å²) in [7, 11) is 0. The van der Waals surface area contributed by atoms with Crippen LogP contribution < -0.4 is 4.74 Å². The van der Waals surface area contributed by atoms with Crippen LogP contribution in [0.4, 0.5) is 0 Å². The molecule has 3 nitrogen and oxygen atoms in total. The zero-order valence-corrected chi connectivity index (χ0v) is 20.6. The van der Waals surface area contributed by atoms with Crippen LogP contribution in [0.1, 0.15) is 39.4 Å². The number of thiophene rings is 1. The number of hydrogen-bond acceptors (Lipinski definition) is 4. The molecule has 0 fully saturated rings. The number of hydrogen-bond donors (Lipinski definition) is 0. The Kier molecular flexibility index (Phi) is 7.74. The van der Waals surface area contributed by atoms with Crippen LogP contribution in [0, 0.1) is 0 Å². The Morgan fingerprint density at radius 2 is 1.89 bits per heavy atom. The molecule has 0 aliphatic rings. The average Bonchev–Trinajstić information content (AvgIpc) is 3.29. The molecule has 2 aromatic heterocycles. The first kappa shape index (κ1) is 21.6. The highest BCUT2D eigenvalue weighted by atomic mass is 79.9. The molecule has 0 amide bonds. The highest BCUT2D eigenvalue weighted by Gasteiger charge is 2.10. The van der Waals surface area contributed by atoms with Crippen LogP contribution in [0.25, 0.3) is 6.08 Å². The summed E-state index contributed by atoms with van der Waals surface area (Å²) < 4.78 is 14.2. The van der Waals surface area contributed by atoms with Crippen molar-refractivity contribution in [3.05, 3.63) is 77.2 Å². The number of rotatable bonds is 8. The van der Waals surface area contributed by atoms with Gasteiger partial charge in [0, 0.05) is 9.35 Å². The monoisotopic (exact) mass is 586 g/mol. The number of aryl methyl sites for hydroxylation is 1. The van der Waals surface area contributed by atoms with E-state index in [9.17, 15) is 4.79 Å². The van der Waals surface area contributed by atoms with Gasteiger partial charge in [0.05, 0.1) is 13.8 Å². The van der Waals surface area contributed by atoms with Crippen molar-refractivity contribution >= 4 is 71.0 Å². The van der Waals surface area contributed by atoms with Crippen LogP contribution in [0.2, 0.25) is 0 Å². The van der Waals surface area contributed by atoms with E-state index in [0.29, 0.717) is 17.3 Å². The Morgan fingerprint density at radius 1 is 1.14 bits per heavy atom. The van der Waals surface area contributed by atoms with Crippen LogP contribution in [0.3, 0.4) is 0 Å². The molecule has 0 atom stereocenters. The molecule has 0 N–H and O–H groups in total. The third kappa shape index (κ3) is 5.69. The molecule has 2 heterocycles. The van der Waals surface area contributed by atoms with Crippen LogP contribution in [-0.2, 0) is 13.0 Å². The van der Waals surface area contributed by atoms with Crippen molar-refractivity contribution in [1.82, 2.24) is 0 Å². The van der Waals surface area contributed by atoms with Gasteiger partial charge in [0.1, 0.15) is 23.9 Å². The van der Waals surface area contributed by atoms with Gasteiger partial charge in [-0.05, 0) is 86.8 Å². The second-order valence-electron chi connectivity index (χ2n) is 6.00. The second kappa shape index (κ2) is 10.1. The van der Waals surface area contributed by atoms with Crippen molar-refractivity contribution in [2.75, 3.05) is 0 Å². The Hall–Kier alpha value is -1.15. The summed E-state index contributed by atoms with van der Waals surface area (Å²) in [5, 5.41) is 0. The van der Waals surface area contributed by atoms with E-state index in [1.807, 2.05) is 36.4 Å². The molecule has 0 aliphatic carbocycles. The van der Waals surface area contributed by atoms with Gasteiger partial charge in [0.25, 0.3) is 0 Å². The molecule has 0 spiro atoms. The van der Waals surface area contributed by atoms with Gasteiger partial charge in [-0.3, -0.25) is 4.79 Å². The lowest BCUT2D eigenvalue weighted by molar-refractivity contribution is 0.105. The molecular formula is C21H17Br3O3S. The van der Waals surface area contributed by atoms with E-state index in [0.717, 1.165) is 31.1 Å². The first-order valence-corrected chi connectivity index (χ1v) is 11.8. The average molecular weight is 589 g/mol. The summed E-state index contributed by atoms with van der Waals surface area (Å²) in [4.78, 5) is 14.3. The number of ether oxygens (including phenoxy) is 1. The molecule has 0 bridgehead atoms. The van der Waals surface area contributed by atoms with Crippen molar-refractivity contribution in [3.8, 4) is 5.75 Å². The van der Waals surface area contributed by atoms with Gasteiger partial charge in [-0.25, -0.2) is 0 Å². The quantitative estimate of drug-likeness (QED) is 0.197. The lowest BCUT2D eigenvalue weighted by atomic mass is 10.2. The summed E-state index contributed by atoms with van der Waals surface area (Å²) in [6.45, 7) is 2.42. The standard InChI is InChI=1S/C21H17Br3O3S/c1-2-3-16-7-9-20(28-16)19(25)8-6-14-4-5-15(27-14)12-26-21-17(23)10-13(22)11-18(21)24/h4-11H,2-3,12H2,1H3/b8-6+. The molecule has 0 radical (unpaired) electrons. The van der Waals surface area contributed by atoms with Gasteiger partial charge < -0.3 is 9.15 Å². The third-order valence-corrected chi connectivity index (χ3v) is 6.60. The van der Waals surface area contributed by atoms with Gasteiger partial charge in [0.2, 0.25) is 0 Å². The van der Waals surface area contributed by atoms with E-state index in [4.69, 9.17) is 9.15 Å². The van der Waals surface area contributed by atoms with Gasteiger partial charge in [-0.1, -0.05) is 29.3 Å². The van der Waals surface area contributed by atoms with Gasteiger partial charge >= 0.3 is 0 Å². The van der Waals surface area contributed by atoms with E-state index in [-0.39, 0.29) is 12.4 Å². The Bertz CT molecular complexity index is 981. The molecule has 1 aromatic carbocycles. The SMILES string of the molecule is CCCc1ccc(C(=O)/C=C/c2ccc(COc3c(Br)cc(Br)cc3Br)o2)s1. The molecule has 0 unspecified atom stereocenters. The molecule has 0 saturated heterocycles. The predicted octanol–water partition coefficient (Wildman–Crippen LogP) is 8.06. The third-order valence-electron chi connectivity index (χ3n) is 3.80. The normalized spacial score (nSPS) is 11.3. The summed E-state index contributed by atoms with van der Waals surface area (Å²) in [6.07, 6.45) is 5.33. The number of ketones is 1. The summed E-state index contributed by atoms with van der Waals surface area (Å²) >= 11 is 12.0. The van der Waals surface area contributed by atoms with Crippen molar-refractivity contribution < 1.29 is 13.9 Å². The number of halogens is 3. The molecule has 0 aliphatic heterocycles. The number of carbonyl (C=O) groups excluding carboxylic acids is 1. The Balaban J connectivity index is 1.61. The zero-order valence-electron chi connectivity index (χ0n) is 15.0. The van der Waals surface area contributed by atoms with Crippen LogP contribution in [0.5, 0.6) is 5.75 Å². The maximum absolute atomic E-state index is 12.3. The molecule has 28 heavy (non-hydrogen) atoms. The second-order valence-corrected chi connectivity index (χ2v) is 9.80. The van der Waals surface area contributed by atoms with Gasteiger partial charge in [-0.15, -0.1) is 11.3 Å². The number of benzene rings is 1. The molecule has 0 saturated carbocycles. The minimum absolute atomic E-state index is 0.00993. The van der Waals surface area contributed by atoms with Crippen molar-refractivity contribution in [2.45, 2.75) is 26.4 Å². The van der Waals surface area contributed by atoms with Crippen LogP contribution >= 0.6 is 59.1 Å². The number of furan rings is 1. The zero-order chi connectivity index (χ0) is 20.1. The fraction of sp³-hybridized carbons (Fsp3) is 0.190. The Morgan fingerprint density at radius 3 is 2.61 bits per heavy atom. The van der Waals surface area contributed by atoms with Gasteiger partial charge in [0.15, 0.2) is 5.78 Å². The minimum Gasteiger partial charge on any atom is -0.483 e. The summed E-state index contributed by atoms with van der Waals surface area (Å²) in [6, 6.07) is 11.4. The maximum atomic E-state index is 12.3. The predicted molar refractivity (Wildman–Crippen MR) is 124 cm³/mol. The van der Waals surface area contributed by atoms with Crippen molar-refractivity contribution in [1.29, 1.82) is 0 Å². The highest BCUT2D eigenvalue weighted by Crippen LogP contribution is 2.37. The number of carbonyl (C=O) groups is 1. The first-order valence-electron chi connectivity index (χ1n) is 8.63. The molecule has 3 aromatic rings. The lowest BCUT2D eigenvalue weighted by Gasteiger charge is -2.09. The molecule has 7 heteroatoms. The number of allylic oxidation sites excluding steroid dienone is 1. The molecule has 3 rings (SSSR count). The summed E-state index contributed by atoms with van der Waals surface area (Å²) in [5.74, 6) is 1.98. The minimum atomic E-state index is -0.00993. The smallest absolute Gasteiger partial charge is 0.195 e. The van der Waals surface area contributed by atoms with E-state index in [1.165, 1.54) is 4.88 Å². The Labute approximate surface area is 193 Å². The summed E-state index contributed by atoms with van der Waals surface area (Å²) in [5.41, 5.74) is 0. The highest BCUT2D eigenvalue weighted by molar-refractivity contribution is 9.11. The van der Waals surface area contributed by atoms with E-state index < -0.39 is 0 Å². The van der Waals surface area contributed by atoms with Crippen molar-refractivity contribution in [3.63, 3.8) is 0 Å². The molecule has 146 valence electrons. The van der Waals surface area contributed by atoms with Crippen LogP contribution in [0.15, 0.2) is 60.3 Å². The fourth-order valence-corrected chi connectivity index (χ4v) is 6.02. The fourth-order valence-electron chi connectivity index (χ4n) is 2.50. The maximum Gasteiger partial charge on any atom is 0.195 e. The lowest BCUT2D eigenvalue weighted by Crippen LogP contribution is -1.95. The van der Waals surface area contributed by atoms with Crippen LogP contribution in [-0.4, -0.2) is 5.78 Å².